The fourth-order valence-corrected chi connectivity index (χ4v) is 6.55. The fraction of sp³-hybridized carbons (Fsp3) is 0.690. The molecule has 10 nitrogen and oxygen atoms in total. The van der Waals surface area contributed by atoms with Crippen LogP contribution in [-0.2, 0) is 31.8 Å². The molecule has 232 valence electrons. The monoisotopic (exact) mass is 596 g/mol. The summed E-state index contributed by atoms with van der Waals surface area (Å²) in [7, 11) is 1.29. The van der Waals surface area contributed by atoms with E-state index in [1.165, 1.54) is 19.2 Å². The average molecular weight is 597 g/mol. The van der Waals surface area contributed by atoms with Gasteiger partial charge in [0.25, 0.3) is 0 Å². The van der Waals surface area contributed by atoms with Crippen molar-refractivity contribution in [3.05, 3.63) is 35.4 Å². The van der Waals surface area contributed by atoms with Crippen molar-refractivity contribution in [1.29, 1.82) is 0 Å². The number of hydrogen-bond donors (Lipinski definition) is 0. The summed E-state index contributed by atoms with van der Waals surface area (Å²) in [5.41, 5.74) is -0.346. The lowest BCUT2D eigenvalue weighted by atomic mass is 9.81. The molecule has 0 N–H and O–H groups in total. The number of alkyl halides is 3. The number of carbonyl (C=O) groups is 3. The van der Waals surface area contributed by atoms with Crippen molar-refractivity contribution in [2.24, 2.45) is 11.8 Å². The Morgan fingerprint density at radius 3 is 2.33 bits per heavy atom. The second-order valence-electron chi connectivity index (χ2n) is 11.9. The van der Waals surface area contributed by atoms with E-state index in [-0.39, 0.29) is 31.1 Å². The van der Waals surface area contributed by atoms with E-state index >= 15 is 0 Å². The Bertz CT molecular complexity index is 1120. The number of hydrogen-bond acceptors (Lipinski definition) is 7. The Morgan fingerprint density at radius 1 is 1.00 bits per heavy atom. The van der Waals surface area contributed by atoms with Gasteiger partial charge < -0.3 is 19.3 Å². The largest absolute Gasteiger partial charge is 0.451 e. The van der Waals surface area contributed by atoms with Gasteiger partial charge in [0.05, 0.1) is 32.4 Å². The zero-order valence-corrected chi connectivity index (χ0v) is 23.9. The summed E-state index contributed by atoms with van der Waals surface area (Å²) in [6, 6.07) is 5.27. The van der Waals surface area contributed by atoms with Gasteiger partial charge in [0.15, 0.2) is 0 Å². The molecule has 3 heterocycles. The van der Waals surface area contributed by atoms with Gasteiger partial charge in [-0.15, -0.1) is 0 Å². The van der Waals surface area contributed by atoms with Crippen LogP contribution in [0.4, 0.5) is 22.8 Å². The number of amides is 3. The highest BCUT2D eigenvalue weighted by Gasteiger charge is 2.47. The SMILES string of the molecule is COC(=O)N1CCN(C(=O)C2CCC(CN3CC4(CCN(Cc5ccc(C(F)(F)F)cc5)CC4)OC3=O)CC2)CCO1. The molecule has 4 aliphatic rings. The molecule has 0 aromatic heterocycles. The standard InChI is InChI=1S/C29H39F3N4O6/c1-40-27(39)36-15-14-34(16-17-41-36)25(37)23-6-2-22(3-7-23)19-35-20-28(42-26(35)38)10-12-33(13-11-28)18-21-4-8-24(9-5-21)29(30,31)32/h4-5,8-9,22-23H,2-3,6-7,10-20H2,1H3. The lowest BCUT2D eigenvalue weighted by Gasteiger charge is -2.37. The number of nitrogens with zero attached hydrogens (tertiary/aromatic N) is 4. The summed E-state index contributed by atoms with van der Waals surface area (Å²) in [4.78, 5) is 48.8. The molecule has 1 saturated carbocycles. The molecule has 3 aliphatic heterocycles. The first-order chi connectivity index (χ1) is 20.0. The van der Waals surface area contributed by atoms with Gasteiger partial charge in [-0.3, -0.25) is 14.5 Å². The minimum Gasteiger partial charge on any atom is -0.451 e. The number of piperidine rings is 1. The van der Waals surface area contributed by atoms with Crippen molar-refractivity contribution in [2.45, 2.75) is 56.8 Å². The smallest absolute Gasteiger partial charge is 0.433 e. The lowest BCUT2D eigenvalue weighted by Crippen LogP contribution is -2.47. The molecular formula is C29H39F3N4O6. The third kappa shape index (κ3) is 7.11. The molecule has 1 spiro atoms. The number of carbonyl (C=O) groups excluding carboxylic acids is 3. The van der Waals surface area contributed by atoms with E-state index in [2.05, 4.69) is 4.90 Å². The summed E-state index contributed by atoms with van der Waals surface area (Å²) >= 11 is 0. The molecule has 3 saturated heterocycles. The van der Waals surface area contributed by atoms with Gasteiger partial charge in [0, 0.05) is 58.0 Å². The zero-order chi connectivity index (χ0) is 29.9. The van der Waals surface area contributed by atoms with E-state index in [1.807, 2.05) is 4.90 Å². The van der Waals surface area contributed by atoms with Crippen LogP contribution in [0.1, 0.15) is 49.7 Å². The van der Waals surface area contributed by atoms with E-state index in [0.29, 0.717) is 64.6 Å². The Hall–Kier alpha value is -3.06. The van der Waals surface area contributed by atoms with Gasteiger partial charge in [0.1, 0.15) is 5.60 Å². The van der Waals surface area contributed by atoms with Gasteiger partial charge in [-0.2, -0.15) is 18.2 Å². The third-order valence-electron chi connectivity index (χ3n) is 9.04. The van der Waals surface area contributed by atoms with Gasteiger partial charge in [-0.25, -0.2) is 9.59 Å². The van der Waals surface area contributed by atoms with Crippen LogP contribution < -0.4 is 0 Å². The second kappa shape index (κ2) is 12.7. The van der Waals surface area contributed by atoms with E-state index < -0.39 is 23.4 Å². The Balaban J connectivity index is 1.04. The molecule has 0 bridgehead atoms. The molecule has 0 radical (unpaired) electrons. The van der Waals surface area contributed by atoms with Crippen molar-refractivity contribution in [3.8, 4) is 0 Å². The van der Waals surface area contributed by atoms with Crippen LogP contribution in [0.3, 0.4) is 0 Å². The fourth-order valence-electron chi connectivity index (χ4n) is 6.55. The van der Waals surface area contributed by atoms with Crippen LogP contribution in [0.5, 0.6) is 0 Å². The van der Waals surface area contributed by atoms with Crippen LogP contribution in [-0.4, -0.2) is 103 Å². The highest BCUT2D eigenvalue weighted by molar-refractivity contribution is 5.79. The van der Waals surface area contributed by atoms with Crippen LogP contribution in [0.25, 0.3) is 0 Å². The average Bonchev–Trinajstić information content (AvgIpc) is 3.12. The van der Waals surface area contributed by atoms with E-state index in [4.69, 9.17) is 14.3 Å². The lowest BCUT2D eigenvalue weighted by molar-refractivity contribution is -0.138. The van der Waals surface area contributed by atoms with Crippen LogP contribution in [0.15, 0.2) is 24.3 Å². The minimum absolute atomic E-state index is 0.0724. The highest BCUT2D eigenvalue weighted by Crippen LogP contribution is 2.37. The molecule has 1 aliphatic carbocycles. The molecule has 1 aromatic rings. The number of benzene rings is 1. The first-order valence-electron chi connectivity index (χ1n) is 14.7. The Labute approximate surface area is 243 Å². The van der Waals surface area contributed by atoms with Gasteiger partial charge in [-0.05, 0) is 49.3 Å². The number of methoxy groups -OCH3 is 1. The van der Waals surface area contributed by atoms with E-state index in [1.54, 1.807) is 4.90 Å². The summed E-state index contributed by atoms with van der Waals surface area (Å²) in [6.45, 7) is 4.45. The van der Waals surface area contributed by atoms with Crippen molar-refractivity contribution in [1.82, 2.24) is 19.8 Å². The topological polar surface area (TPSA) is 91.9 Å². The highest BCUT2D eigenvalue weighted by atomic mass is 19.4. The number of likely N-dealkylation sites (tertiary alicyclic amines) is 1. The van der Waals surface area contributed by atoms with Crippen LogP contribution >= 0.6 is 0 Å². The molecule has 3 amide bonds. The van der Waals surface area contributed by atoms with E-state index in [0.717, 1.165) is 48.4 Å². The first kappa shape index (κ1) is 30.4. The predicted molar refractivity (Wildman–Crippen MR) is 144 cm³/mol. The molecule has 0 atom stereocenters. The van der Waals surface area contributed by atoms with Crippen molar-refractivity contribution in [2.75, 3.05) is 59.5 Å². The number of hydroxylamine groups is 2. The molecule has 0 unspecified atom stereocenters. The van der Waals surface area contributed by atoms with Gasteiger partial charge >= 0.3 is 18.4 Å². The van der Waals surface area contributed by atoms with Gasteiger partial charge in [0.2, 0.25) is 5.91 Å². The first-order valence-corrected chi connectivity index (χ1v) is 14.7. The summed E-state index contributed by atoms with van der Waals surface area (Å²) in [5.74, 6) is 0.321. The van der Waals surface area contributed by atoms with Crippen molar-refractivity contribution in [3.63, 3.8) is 0 Å². The maximum absolute atomic E-state index is 13.2. The quantitative estimate of drug-likeness (QED) is 0.505. The van der Waals surface area contributed by atoms with E-state index in [9.17, 15) is 27.6 Å². The molecule has 5 rings (SSSR count). The number of halogens is 3. The van der Waals surface area contributed by atoms with Crippen molar-refractivity contribution < 1.29 is 41.9 Å². The van der Waals surface area contributed by atoms with Crippen LogP contribution in [0, 0.1) is 11.8 Å². The molecule has 1 aromatic carbocycles. The second-order valence-corrected chi connectivity index (χ2v) is 11.9. The molecule has 4 fully saturated rings. The normalized spacial score (nSPS) is 25.3. The maximum atomic E-state index is 13.2. The molecule has 13 heteroatoms. The summed E-state index contributed by atoms with van der Waals surface area (Å²) in [5, 5.41) is 1.15. The Morgan fingerprint density at radius 2 is 1.69 bits per heavy atom. The van der Waals surface area contributed by atoms with Gasteiger partial charge in [-0.1, -0.05) is 12.1 Å². The predicted octanol–water partition coefficient (Wildman–Crippen LogP) is 4.14. The summed E-state index contributed by atoms with van der Waals surface area (Å²) < 4.78 is 49.1. The van der Waals surface area contributed by atoms with Crippen molar-refractivity contribution >= 4 is 18.1 Å². The summed E-state index contributed by atoms with van der Waals surface area (Å²) in [6.07, 6.45) is -0.610. The number of rotatable bonds is 5. The Kier molecular flexibility index (Phi) is 9.17. The third-order valence-corrected chi connectivity index (χ3v) is 9.04. The molecular weight excluding hydrogens is 557 g/mol. The van der Waals surface area contributed by atoms with Crippen LogP contribution in [0.2, 0.25) is 0 Å². The maximum Gasteiger partial charge on any atom is 0.433 e. The minimum atomic E-state index is -4.34. The number of ether oxygens (including phenoxy) is 2. The molecule has 42 heavy (non-hydrogen) atoms. The zero-order valence-electron chi connectivity index (χ0n) is 23.9.